The zero-order valence-electron chi connectivity index (χ0n) is 15.3. The van der Waals surface area contributed by atoms with E-state index in [1.165, 1.54) is 13.0 Å². The summed E-state index contributed by atoms with van der Waals surface area (Å²) in [6, 6.07) is 11.8. The van der Waals surface area contributed by atoms with Gasteiger partial charge in [0.2, 0.25) is 5.91 Å². The van der Waals surface area contributed by atoms with Gasteiger partial charge in [-0.2, -0.15) is 0 Å². The molecule has 2 rings (SSSR count). The Bertz CT molecular complexity index is 791. The molecule has 1 unspecified atom stereocenters. The molecule has 0 bridgehead atoms. The molecule has 26 heavy (non-hydrogen) atoms. The molecular weight excluding hydrogens is 335 g/mol. The molecule has 0 spiro atoms. The first-order chi connectivity index (χ1) is 12.3. The second kappa shape index (κ2) is 8.47. The predicted molar refractivity (Wildman–Crippen MR) is 98.8 cm³/mol. The molecule has 0 saturated heterocycles. The molecule has 0 aliphatic carbocycles. The fourth-order valence-corrected chi connectivity index (χ4v) is 2.43. The van der Waals surface area contributed by atoms with E-state index in [2.05, 4.69) is 10.6 Å². The Labute approximate surface area is 152 Å². The normalized spacial score (nSPS) is 11.8. The van der Waals surface area contributed by atoms with E-state index in [0.717, 1.165) is 11.6 Å². The van der Waals surface area contributed by atoms with Gasteiger partial charge in [0.25, 0.3) is 5.91 Å². The Kier molecular flexibility index (Phi) is 6.33. The van der Waals surface area contributed by atoms with Crippen LogP contribution in [0.1, 0.15) is 49.7 Å². The smallest absolute Gasteiger partial charge is 0.251 e. The van der Waals surface area contributed by atoms with E-state index in [0.29, 0.717) is 0 Å². The molecule has 0 aliphatic heterocycles. The van der Waals surface area contributed by atoms with Gasteiger partial charge in [-0.1, -0.05) is 30.3 Å². The highest BCUT2D eigenvalue weighted by Gasteiger charge is 2.19. The van der Waals surface area contributed by atoms with Gasteiger partial charge in [0.05, 0.1) is 0 Å². The molecule has 0 aliphatic rings. The van der Waals surface area contributed by atoms with E-state index >= 15 is 0 Å². The van der Waals surface area contributed by atoms with Crippen LogP contribution in [0, 0.1) is 5.82 Å². The third-order valence-electron chi connectivity index (χ3n) is 3.61. The third kappa shape index (κ3) is 5.05. The Balaban J connectivity index is 2.40. The van der Waals surface area contributed by atoms with E-state index in [1.807, 2.05) is 51.1 Å². The molecule has 2 aromatic carbocycles. The summed E-state index contributed by atoms with van der Waals surface area (Å²) in [4.78, 5) is 23.7. The second-order valence-corrected chi connectivity index (χ2v) is 6.31. The molecule has 0 heterocycles. The van der Waals surface area contributed by atoms with Gasteiger partial charge < -0.3 is 15.4 Å². The largest absolute Gasteiger partial charge is 0.484 e. The summed E-state index contributed by atoms with van der Waals surface area (Å²) in [7, 11) is 0. The number of carbonyl (C=O) groups is 2. The molecule has 6 heteroatoms. The van der Waals surface area contributed by atoms with Crippen LogP contribution < -0.4 is 15.4 Å². The van der Waals surface area contributed by atoms with Crippen molar-refractivity contribution in [1.82, 2.24) is 5.32 Å². The molecule has 2 amide bonds. The highest BCUT2D eigenvalue weighted by atomic mass is 19.1. The van der Waals surface area contributed by atoms with Gasteiger partial charge in [0, 0.05) is 18.5 Å². The zero-order chi connectivity index (χ0) is 19.3. The maximum absolute atomic E-state index is 14.5. The lowest BCUT2D eigenvalue weighted by Crippen LogP contribution is -2.30. The average Bonchev–Trinajstić information content (AvgIpc) is 2.57. The molecule has 2 N–H and O–H groups in total. The van der Waals surface area contributed by atoms with E-state index in [1.54, 1.807) is 0 Å². The second-order valence-electron chi connectivity index (χ2n) is 6.31. The number of ether oxygens (including phenoxy) is 1. The molecule has 0 radical (unpaired) electrons. The first-order valence-electron chi connectivity index (χ1n) is 8.41. The summed E-state index contributed by atoms with van der Waals surface area (Å²) in [5.41, 5.74) is 0.931. The average molecular weight is 358 g/mol. The van der Waals surface area contributed by atoms with E-state index in [-0.39, 0.29) is 23.0 Å². The number of hydrogen-bond acceptors (Lipinski definition) is 3. The molecule has 0 saturated carbocycles. The van der Waals surface area contributed by atoms with Crippen LogP contribution in [0.5, 0.6) is 5.75 Å². The minimum absolute atomic E-state index is 0.0821. The van der Waals surface area contributed by atoms with Crippen LogP contribution in [-0.4, -0.2) is 17.9 Å². The van der Waals surface area contributed by atoms with Gasteiger partial charge in [0.1, 0.15) is 17.5 Å². The number of amides is 2. The fraction of sp³-hybridized carbons (Fsp3) is 0.300. The highest BCUT2D eigenvalue weighted by Crippen LogP contribution is 2.33. The molecule has 1 atom stereocenters. The quantitative estimate of drug-likeness (QED) is 0.818. The topological polar surface area (TPSA) is 67.4 Å². The highest BCUT2D eigenvalue weighted by molar-refractivity contribution is 5.97. The standard InChI is InChI=1S/C20H23FN2O3/c1-12(2)22-20(25)16-10-17(21)19(23-14(4)24)18(11-16)26-13(3)15-8-6-5-7-9-15/h5-13H,1-4H3,(H,22,25)(H,23,24). The summed E-state index contributed by atoms with van der Waals surface area (Å²) in [5, 5.41) is 5.15. The summed E-state index contributed by atoms with van der Waals surface area (Å²) < 4.78 is 20.4. The minimum Gasteiger partial charge on any atom is -0.484 e. The van der Waals surface area contributed by atoms with Crippen LogP contribution in [0.4, 0.5) is 10.1 Å². The Morgan fingerprint density at radius 3 is 2.31 bits per heavy atom. The van der Waals surface area contributed by atoms with E-state index in [4.69, 9.17) is 4.74 Å². The van der Waals surface area contributed by atoms with Crippen molar-refractivity contribution in [3.63, 3.8) is 0 Å². The van der Waals surface area contributed by atoms with Crippen LogP contribution in [-0.2, 0) is 4.79 Å². The van der Waals surface area contributed by atoms with Crippen molar-refractivity contribution < 1.29 is 18.7 Å². The Hall–Kier alpha value is -2.89. The number of benzene rings is 2. The first kappa shape index (κ1) is 19.4. The van der Waals surface area contributed by atoms with Gasteiger partial charge in [-0.3, -0.25) is 9.59 Å². The van der Waals surface area contributed by atoms with Crippen LogP contribution in [0.15, 0.2) is 42.5 Å². The van der Waals surface area contributed by atoms with Gasteiger partial charge in [-0.05, 0) is 38.5 Å². The van der Waals surface area contributed by atoms with Crippen LogP contribution in [0.25, 0.3) is 0 Å². The number of hydrogen-bond donors (Lipinski definition) is 2. The Morgan fingerprint density at radius 2 is 1.73 bits per heavy atom. The molecule has 5 nitrogen and oxygen atoms in total. The number of carbonyl (C=O) groups excluding carboxylic acids is 2. The van der Waals surface area contributed by atoms with E-state index < -0.39 is 23.7 Å². The lowest BCUT2D eigenvalue weighted by atomic mass is 10.1. The van der Waals surface area contributed by atoms with Crippen molar-refractivity contribution in [3.05, 3.63) is 59.4 Å². The van der Waals surface area contributed by atoms with Crippen molar-refractivity contribution in [2.24, 2.45) is 0 Å². The van der Waals surface area contributed by atoms with Gasteiger partial charge >= 0.3 is 0 Å². The van der Waals surface area contributed by atoms with E-state index in [9.17, 15) is 14.0 Å². The zero-order valence-corrected chi connectivity index (χ0v) is 15.3. The number of halogens is 1. The molecular formula is C20H23FN2O3. The molecule has 0 aromatic heterocycles. The molecule has 138 valence electrons. The van der Waals surface area contributed by atoms with Crippen molar-refractivity contribution in [1.29, 1.82) is 0 Å². The van der Waals surface area contributed by atoms with Crippen molar-refractivity contribution in [2.75, 3.05) is 5.32 Å². The van der Waals surface area contributed by atoms with Crippen LogP contribution in [0.2, 0.25) is 0 Å². The fourth-order valence-electron chi connectivity index (χ4n) is 2.43. The van der Waals surface area contributed by atoms with Crippen LogP contribution >= 0.6 is 0 Å². The molecule has 2 aromatic rings. The Morgan fingerprint density at radius 1 is 1.08 bits per heavy atom. The number of anilines is 1. The van der Waals surface area contributed by atoms with Gasteiger partial charge in [-0.15, -0.1) is 0 Å². The predicted octanol–water partition coefficient (Wildman–Crippen LogP) is 4.06. The molecule has 0 fully saturated rings. The summed E-state index contributed by atoms with van der Waals surface area (Å²) in [5.74, 6) is -1.47. The summed E-state index contributed by atoms with van der Waals surface area (Å²) in [6.45, 7) is 6.72. The van der Waals surface area contributed by atoms with Crippen molar-refractivity contribution in [3.8, 4) is 5.75 Å². The SMILES string of the molecule is CC(=O)Nc1c(F)cc(C(=O)NC(C)C)cc1OC(C)c1ccccc1. The summed E-state index contributed by atoms with van der Waals surface area (Å²) in [6.07, 6.45) is -0.397. The third-order valence-corrected chi connectivity index (χ3v) is 3.61. The maximum Gasteiger partial charge on any atom is 0.251 e. The monoisotopic (exact) mass is 358 g/mol. The van der Waals surface area contributed by atoms with Crippen molar-refractivity contribution >= 4 is 17.5 Å². The number of nitrogens with one attached hydrogen (secondary N) is 2. The first-order valence-corrected chi connectivity index (χ1v) is 8.41. The summed E-state index contributed by atoms with van der Waals surface area (Å²) >= 11 is 0. The minimum atomic E-state index is -0.730. The van der Waals surface area contributed by atoms with Gasteiger partial charge in [0.15, 0.2) is 5.82 Å². The van der Waals surface area contributed by atoms with Crippen LogP contribution in [0.3, 0.4) is 0 Å². The maximum atomic E-state index is 14.5. The number of rotatable bonds is 6. The van der Waals surface area contributed by atoms with Gasteiger partial charge in [-0.25, -0.2) is 4.39 Å². The van der Waals surface area contributed by atoms with Crippen molar-refractivity contribution in [2.45, 2.75) is 39.8 Å². The lowest BCUT2D eigenvalue weighted by molar-refractivity contribution is -0.114. The lowest BCUT2D eigenvalue weighted by Gasteiger charge is -2.19.